The van der Waals surface area contributed by atoms with Crippen molar-refractivity contribution >= 4 is 5.82 Å². The molecule has 2 aromatic rings. The number of benzene rings is 1. The van der Waals surface area contributed by atoms with Gasteiger partial charge in [0.2, 0.25) is 0 Å². The van der Waals surface area contributed by atoms with Gasteiger partial charge >= 0.3 is 0 Å². The molecular formula is C14H17N3O. The fourth-order valence-electron chi connectivity index (χ4n) is 1.74. The SMILES string of the molecule is CNc1nc(-c2ccc(OC)cc2)nc(C)c1C. The van der Waals surface area contributed by atoms with E-state index in [4.69, 9.17) is 4.74 Å². The molecule has 0 aliphatic heterocycles. The summed E-state index contributed by atoms with van der Waals surface area (Å²) in [5.74, 6) is 2.43. The van der Waals surface area contributed by atoms with Crippen molar-refractivity contribution < 1.29 is 4.74 Å². The number of aryl methyl sites for hydroxylation is 1. The predicted octanol–water partition coefficient (Wildman–Crippen LogP) is 2.81. The van der Waals surface area contributed by atoms with Crippen molar-refractivity contribution in [1.82, 2.24) is 9.97 Å². The van der Waals surface area contributed by atoms with Crippen LogP contribution >= 0.6 is 0 Å². The van der Waals surface area contributed by atoms with E-state index in [1.807, 2.05) is 45.2 Å². The fraction of sp³-hybridized carbons (Fsp3) is 0.286. The number of rotatable bonds is 3. The first-order chi connectivity index (χ1) is 8.65. The van der Waals surface area contributed by atoms with Crippen molar-refractivity contribution in [3.05, 3.63) is 35.5 Å². The molecule has 18 heavy (non-hydrogen) atoms. The molecule has 0 fully saturated rings. The molecule has 0 saturated carbocycles. The zero-order valence-corrected chi connectivity index (χ0v) is 11.1. The van der Waals surface area contributed by atoms with Gasteiger partial charge in [0.25, 0.3) is 0 Å². The van der Waals surface area contributed by atoms with Crippen molar-refractivity contribution in [2.24, 2.45) is 0 Å². The number of hydrogen-bond donors (Lipinski definition) is 1. The topological polar surface area (TPSA) is 47.0 Å². The Hall–Kier alpha value is -2.10. The summed E-state index contributed by atoms with van der Waals surface area (Å²) >= 11 is 0. The van der Waals surface area contributed by atoms with Gasteiger partial charge in [-0.2, -0.15) is 0 Å². The molecule has 1 aromatic carbocycles. The number of nitrogens with zero attached hydrogens (tertiary/aromatic N) is 2. The van der Waals surface area contributed by atoms with Gasteiger partial charge in [-0.3, -0.25) is 0 Å². The second-order valence-electron chi connectivity index (χ2n) is 4.08. The molecule has 0 bridgehead atoms. The molecule has 1 heterocycles. The summed E-state index contributed by atoms with van der Waals surface area (Å²) in [6.45, 7) is 4.00. The first-order valence-electron chi connectivity index (χ1n) is 5.83. The molecule has 0 spiro atoms. The third-order valence-electron chi connectivity index (χ3n) is 2.97. The van der Waals surface area contributed by atoms with Crippen molar-refractivity contribution in [2.75, 3.05) is 19.5 Å². The Morgan fingerprint density at radius 3 is 2.28 bits per heavy atom. The van der Waals surface area contributed by atoms with Gasteiger partial charge in [-0.1, -0.05) is 0 Å². The highest BCUT2D eigenvalue weighted by molar-refractivity contribution is 5.60. The van der Waals surface area contributed by atoms with E-state index in [1.54, 1.807) is 7.11 Å². The van der Waals surface area contributed by atoms with Crippen LogP contribution in [0.2, 0.25) is 0 Å². The molecule has 0 aliphatic carbocycles. The number of methoxy groups -OCH3 is 1. The number of ether oxygens (including phenoxy) is 1. The van der Waals surface area contributed by atoms with Gasteiger partial charge in [0.15, 0.2) is 5.82 Å². The van der Waals surface area contributed by atoms with E-state index in [9.17, 15) is 0 Å². The van der Waals surface area contributed by atoms with Crippen LogP contribution in [0.4, 0.5) is 5.82 Å². The molecule has 94 valence electrons. The van der Waals surface area contributed by atoms with E-state index in [2.05, 4.69) is 15.3 Å². The highest BCUT2D eigenvalue weighted by Gasteiger charge is 2.08. The Kier molecular flexibility index (Phi) is 3.46. The molecule has 0 radical (unpaired) electrons. The molecule has 2 rings (SSSR count). The van der Waals surface area contributed by atoms with Crippen LogP contribution in [-0.4, -0.2) is 24.1 Å². The number of hydrogen-bond acceptors (Lipinski definition) is 4. The number of aromatic nitrogens is 2. The van der Waals surface area contributed by atoms with Crippen molar-refractivity contribution in [1.29, 1.82) is 0 Å². The first kappa shape index (κ1) is 12.4. The monoisotopic (exact) mass is 243 g/mol. The lowest BCUT2D eigenvalue weighted by atomic mass is 10.2. The van der Waals surface area contributed by atoms with Gasteiger partial charge in [0.05, 0.1) is 7.11 Å². The van der Waals surface area contributed by atoms with Gasteiger partial charge < -0.3 is 10.1 Å². The zero-order valence-electron chi connectivity index (χ0n) is 11.1. The molecule has 4 heteroatoms. The summed E-state index contributed by atoms with van der Waals surface area (Å²) in [5.41, 5.74) is 3.05. The van der Waals surface area contributed by atoms with E-state index in [0.29, 0.717) is 0 Å². The Bertz CT molecular complexity index is 550. The van der Waals surface area contributed by atoms with Crippen LogP contribution < -0.4 is 10.1 Å². The van der Waals surface area contributed by atoms with Crippen LogP contribution in [0.15, 0.2) is 24.3 Å². The second kappa shape index (κ2) is 5.04. The largest absolute Gasteiger partial charge is 0.497 e. The molecule has 1 aromatic heterocycles. The van der Waals surface area contributed by atoms with Crippen LogP contribution in [0.25, 0.3) is 11.4 Å². The molecule has 0 atom stereocenters. The summed E-state index contributed by atoms with van der Waals surface area (Å²) in [6, 6.07) is 7.74. The maximum atomic E-state index is 5.14. The third kappa shape index (κ3) is 2.27. The van der Waals surface area contributed by atoms with Gasteiger partial charge in [0, 0.05) is 23.9 Å². The Labute approximate surface area is 107 Å². The maximum Gasteiger partial charge on any atom is 0.161 e. The summed E-state index contributed by atoms with van der Waals surface area (Å²) in [6.07, 6.45) is 0. The van der Waals surface area contributed by atoms with E-state index < -0.39 is 0 Å². The molecule has 4 nitrogen and oxygen atoms in total. The molecular weight excluding hydrogens is 226 g/mol. The molecule has 0 saturated heterocycles. The highest BCUT2D eigenvalue weighted by atomic mass is 16.5. The van der Waals surface area contributed by atoms with E-state index in [-0.39, 0.29) is 0 Å². The van der Waals surface area contributed by atoms with E-state index in [1.165, 1.54) is 0 Å². The summed E-state index contributed by atoms with van der Waals surface area (Å²) in [7, 11) is 3.52. The Balaban J connectivity index is 2.46. The van der Waals surface area contributed by atoms with Crippen LogP contribution in [-0.2, 0) is 0 Å². The lowest BCUT2D eigenvalue weighted by Crippen LogP contribution is -2.02. The summed E-state index contributed by atoms with van der Waals surface area (Å²) in [5, 5.41) is 3.09. The Morgan fingerprint density at radius 1 is 1.06 bits per heavy atom. The predicted molar refractivity (Wildman–Crippen MR) is 73.0 cm³/mol. The minimum absolute atomic E-state index is 0.727. The average Bonchev–Trinajstić information content (AvgIpc) is 2.42. The normalized spacial score (nSPS) is 10.2. The standard InChI is InChI=1S/C14H17N3O/c1-9-10(2)16-14(17-13(9)15-3)11-5-7-12(18-4)8-6-11/h5-8H,1-4H3,(H,15,16,17). The number of nitrogens with one attached hydrogen (secondary N) is 1. The van der Waals surface area contributed by atoms with Crippen molar-refractivity contribution in [2.45, 2.75) is 13.8 Å². The van der Waals surface area contributed by atoms with Crippen LogP contribution in [0.3, 0.4) is 0 Å². The molecule has 0 amide bonds. The van der Waals surface area contributed by atoms with Crippen molar-refractivity contribution in [3.63, 3.8) is 0 Å². The summed E-state index contributed by atoms with van der Waals surface area (Å²) in [4.78, 5) is 9.03. The Morgan fingerprint density at radius 2 is 1.72 bits per heavy atom. The highest BCUT2D eigenvalue weighted by Crippen LogP contribution is 2.23. The smallest absolute Gasteiger partial charge is 0.161 e. The molecule has 0 aliphatic rings. The first-order valence-corrected chi connectivity index (χ1v) is 5.83. The van der Waals surface area contributed by atoms with E-state index in [0.717, 1.165) is 34.2 Å². The van der Waals surface area contributed by atoms with Crippen molar-refractivity contribution in [3.8, 4) is 17.1 Å². The van der Waals surface area contributed by atoms with Gasteiger partial charge in [-0.25, -0.2) is 9.97 Å². The number of anilines is 1. The second-order valence-corrected chi connectivity index (χ2v) is 4.08. The lowest BCUT2D eigenvalue weighted by molar-refractivity contribution is 0.415. The average molecular weight is 243 g/mol. The van der Waals surface area contributed by atoms with Gasteiger partial charge in [0.1, 0.15) is 11.6 Å². The lowest BCUT2D eigenvalue weighted by Gasteiger charge is -2.10. The van der Waals surface area contributed by atoms with Crippen LogP contribution in [0, 0.1) is 13.8 Å². The maximum absolute atomic E-state index is 5.14. The minimum Gasteiger partial charge on any atom is -0.497 e. The van der Waals surface area contributed by atoms with E-state index >= 15 is 0 Å². The quantitative estimate of drug-likeness (QED) is 0.900. The molecule has 1 N–H and O–H groups in total. The van der Waals surface area contributed by atoms with Crippen LogP contribution in [0.5, 0.6) is 5.75 Å². The fourth-order valence-corrected chi connectivity index (χ4v) is 1.74. The van der Waals surface area contributed by atoms with Gasteiger partial charge in [-0.05, 0) is 38.1 Å². The zero-order chi connectivity index (χ0) is 13.1. The van der Waals surface area contributed by atoms with Gasteiger partial charge in [-0.15, -0.1) is 0 Å². The third-order valence-corrected chi connectivity index (χ3v) is 2.97. The minimum atomic E-state index is 0.727. The molecule has 0 unspecified atom stereocenters. The summed E-state index contributed by atoms with van der Waals surface area (Å²) < 4.78 is 5.14. The van der Waals surface area contributed by atoms with Crippen LogP contribution in [0.1, 0.15) is 11.3 Å².